The summed E-state index contributed by atoms with van der Waals surface area (Å²) in [5.41, 5.74) is 9.11. The van der Waals surface area contributed by atoms with E-state index in [1.165, 1.54) is 0 Å². The zero-order chi connectivity index (χ0) is 14.5. The summed E-state index contributed by atoms with van der Waals surface area (Å²) in [7, 11) is 3.77. The van der Waals surface area contributed by atoms with Gasteiger partial charge in [0, 0.05) is 28.8 Å². The lowest BCUT2D eigenvalue weighted by atomic mass is 10.1. The highest BCUT2D eigenvalue weighted by Crippen LogP contribution is 2.24. The summed E-state index contributed by atoms with van der Waals surface area (Å²) in [5, 5.41) is 0. The third-order valence-electron chi connectivity index (χ3n) is 3.18. The number of hydrogen-bond acceptors (Lipinski definition) is 3. The van der Waals surface area contributed by atoms with Gasteiger partial charge in [-0.3, -0.25) is 4.90 Å². The SMILES string of the molecule is COc1ccc(Br)cc1CN(C)Cc1ccccc1N. The molecular weight excluding hydrogens is 316 g/mol. The summed E-state index contributed by atoms with van der Waals surface area (Å²) >= 11 is 3.50. The molecule has 0 saturated heterocycles. The second kappa shape index (κ2) is 6.77. The molecule has 0 atom stereocenters. The number of ether oxygens (including phenoxy) is 1. The number of nitrogen functional groups attached to an aromatic ring is 1. The molecule has 20 heavy (non-hydrogen) atoms. The fraction of sp³-hybridized carbons (Fsp3) is 0.250. The molecule has 0 amide bonds. The second-order valence-electron chi connectivity index (χ2n) is 4.83. The van der Waals surface area contributed by atoms with E-state index in [4.69, 9.17) is 10.5 Å². The maximum Gasteiger partial charge on any atom is 0.123 e. The van der Waals surface area contributed by atoms with Crippen LogP contribution in [0.3, 0.4) is 0 Å². The van der Waals surface area contributed by atoms with Gasteiger partial charge in [-0.05, 0) is 36.9 Å². The van der Waals surface area contributed by atoms with E-state index in [1.54, 1.807) is 7.11 Å². The summed E-state index contributed by atoms with van der Waals surface area (Å²) < 4.78 is 6.46. The predicted octanol–water partition coefficient (Wildman–Crippen LogP) is 3.67. The van der Waals surface area contributed by atoms with Gasteiger partial charge >= 0.3 is 0 Å². The molecule has 0 aliphatic carbocycles. The van der Waals surface area contributed by atoms with Crippen molar-refractivity contribution < 1.29 is 4.74 Å². The van der Waals surface area contributed by atoms with Gasteiger partial charge in [0.05, 0.1) is 7.11 Å². The van der Waals surface area contributed by atoms with Crippen molar-refractivity contribution in [1.29, 1.82) is 0 Å². The topological polar surface area (TPSA) is 38.5 Å². The highest BCUT2D eigenvalue weighted by atomic mass is 79.9. The molecule has 2 N–H and O–H groups in total. The first-order valence-electron chi connectivity index (χ1n) is 6.44. The van der Waals surface area contributed by atoms with Crippen molar-refractivity contribution in [2.75, 3.05) is 19.9 Å². The van der Waals surface area contributed by atoms with Gasteiger partial charge in [0.25, 0.3) is 0 Å². The highest BCUT2D eigenvalue weighted by Gasteiger charge is 2.08. The van der Waals surface area contributed by atoms with Gasteiger partial charge in [-0.15, -0.1) is 0 Å². The molecule has 4 heteroatoms. The minimum atomic E-state index is 0.803. The Morgan fingerprint density at radius 2 is 1.80 bits per heavy atom. The Balaban J connectivity index is 2.10. The normalized spacial score (nSPS) is 10.8. The smallest absolute Gasteiger partial charge is 0.123 e. The van der Waals surface area contributed by atoms with Crippen LogP contribution in [0, 0.1) is 0 Å². The van der Waals surface area contributed by atoms with Crippen LogP contribution in [0.2, 0.25) is 0 Å². The number of halogens is 1. The molecule has 0 radical (unpaired) electrons. The van der Waals surface area contributed by atoms with Crippen molar-refractivity contribution in [2.24, 2.45) is 0 Å². The maximum atomic E-state index is 5.98. The number of rotatable bonds is 5. The van der Waals surface area contributed by atoms with Crippen LogP contribution in [-0.2, 0) is 13.1 Å². The number of hydrogen-bond donors (Lipinski definition) is 1. The van der Waals surface area contributed by atoms with Crippen LogP contribution in [0.25, 0.3) is 0 Å². The van der Waals surface area contributed by atoms with E-state index < -0.39 is 0 Å². The number of nitrogens with two attached hydrogens (primary N) is 1. The van der Waals surface area contributed by atoms with Crippen LogP contribution in [0.15, 0.2) is 46.9 Å². The fourth-order valence-electron chi connectivity index (χ4n) is 2.19. The largest absolute Gasteiger partial charge is 0.496 e. The Morgan fingerprint density at radius 1 is 1.10 bits per heavy atom. The number of anilines is 1. The lowest BCUT2D eigenvalue weighted by Crippen LogP contribution is -2.18. The average molecular weight is 335 g/mol. The zero-order valence-corrected chi connectivity index (χ0v) is 13.4. The molecular formula is C16H19BrN2O. The Kier molecular flexibility index (Phi) is 5.04. The summed E-state index contributed by atoms with van der Waals surface area (Å²) in [6.07, 6.45) is 0. The number of methoxy groups -OCH3 is 1. The van der Waals surface area contributed by atoms with Crippen LogP contribution in [0.5, 0.6) is 5.75 Å². The van der Waals surface area contributed by atoms with Crippen LogP contribution in [0.1, 0.15) is 11.1 Å². The number of para-hydroxylation sites is 1. The molecule has 0 aliphatic rings. The second-order valence-corrected chi connectivity index (χ2v) is 5.74. The molecule has 0 saturated carbocycles. The van der Waals surface area contributed by atoms with E-state index in [1.807, 2.05) is 30.3 Å². The Labute approximate surface area is 128 Å². The molecule has 3 nitrogen and oxygen atoms in total. The van der Waals surface area contributed by atoms with Gasteiger partial charge in [-0.25, -0.2) is 0 Å². The summed E-state index contributed by atoms with van der Waals surface area (Å²) in [6, 6.07) is 14.0. The molecule has 106 valence electrons. The van der Waals surface area contributed by atoms with E-state index >= 15 is 0 Å². The van der Waals surface area contributed by atoms with Crippen molar-refractivity contribution in [3.63, 3.8) is 0 Å². The molecule has 2 aromatic carbocycles. The number of benzene rings is 2. The van der Waals surface area contributed by atoms with Crippen molar-refractivity contribution in [3.05, 3.63) is 58.1 Å². The standard InChI is InChI=1S/C16H19BrN2O/c1-19(10-12-5-3-4-6-15(12)18)11-13-9-14(17)7-8-16(13)20-2/h3-9H,10-11,18H2,1-2H3. The van der Waals surface area contributed by atoms with E-state index in [0.717, 1.165) is 40.1 Å². The molecule has 0 aromatic heterocycles. The Bertz CT molecular complexity index is 586. The molecule has 0 bridgehead atoms. The van der Waals surface area contributed by atoms with Crippen molar-refractivity contribution in [3.8, 4) is 5.75 Å². The molecule has 0 spiro atoms. The lowest BCUT2D eigenvalue weighted by Gasteiger charge is -2.19. The van der Waals surface area contributed by atoms with Gasteiger partial charge in [-0.2, -0.15) is 0 Å². The van der Waals surface area contributed by atoms with Crippen molar-refractivity contribution >= 4 is 21.6 Å². The van der Waals surface area contributed by atoms with Crippen LogP contribution < -0.4 is 10.5 Å². The molecule has 0 unspecified atom stereocenters. The number of nitrogens with zero attached hydrogens (tertiary/aromatic N) is 1. The summed E-state index contributed by atoms with van der Waals surface area (Å²) in [5.74, 6) is 0.904. The first-order chi connectivity index (χ1) is 9.60. The van der Waals surface area contributed by atoms with Gasteiger partial charge < -0.3 is 10.5 Å². The Morgan fingerprint density at radius 3 is 2.50 bits per heavy atom. The zero-order valence-electron chi connectivity index (χ0n) is 11.8. The first-order valence-corrected chi connectivity index (χ1v) is 7.24. The first kappa shape index (κ1) is 14.9. The van der Waals surface area contributed by atoms with Gasteiger partial charge in [0.2, 0.25) is 0 Å². The molecule has 0 heterocycles. The minimum absolute atomic E-state index is 0.803. The summed E-state index contributed by atoms with van der Waals surface area (Å²) in [4.78, 5) is 2.22. The van der Waals surface area contributed by atoms with E-state index in [-0.39, 0.29) is 0 Å². The predicted molar refractivity (Wildman–Crippen MR) is 86.7 cm³/mol. The summed E-state index contributed by atoms with van der Waals surface area (Å²) in [6.45, 7) is 1.61. The van der Waals surface area contributed by atoms with Crippen molar-refractivity contribution in [2.45, 2.75) is 13.1 Å². The Hall–Kier alpha value is -1.52. The van der Waals surface area contributed by atoms with Gasteiger partial charge in [0.15, 0.2) is 0 Å². The quantitative estimate of drug-likeness (QED) is 0.848. The maximum absolute atomic E-state index is 5.98. The third-order valence-corrected chi connectivity index (χ3v) is 3.67. The molecule has 0 fully saturated rings. The van der Waals surface area contributed by atoms with E-state index in [2.05, 4.69) is 40.0 Å². The van der Waals surface area contributed by atoms with E-state index in [9.17, 15) is 0 Å². The van der Waals surface area contributed by atoms with Gasteiger partial charge in [-0.1, -0.05) is 34.1 Å². The third kappa shape index (κ3) is 3.74. The highest BCUT2D eigenvalue weighted by molar-refractivity contribution is 9.10. The van der Waals surface area contributed by atoms with Crippen LogP contribution in [0.4, 0.5) is 5.69 Å². The average Bonchev–Trinajstić information content (AvgIpc) is 2.41. The van der Waals surface area contributed by atoms with Gasteiger partial charge in [0.1, 0.15) is 5.75 Å². The molecule has 0 aliphatic heterocycles. The molecule has 2 rings (SSSR count). The lowest BCUT2D eigenvalue weighted by molar-refractivity contribution is 0.310. The van der Waals surface area contributed by atoms with E-state index in [0.29, 0.717) is 0 Å². The molecule has 2 aromatic rings. The monoisotopic (exact) mass is 334 g/mol. The fourth-order valence-corrected chi connectivity index (χ4v) is 2.59. The van der Waals surface area contributed by atoms with Crippen molar-refractivity contribution in [1.82, 2.24) is 4.90 Å². The van der Waals surface area contributed by atoms with Crippen LogP contribution in [-0.4, -0.2) is 19.1 Å². The minimum Gasteiger partial charge on any atom is -0.496 e. The van der Waals surface area contributed by atoms with Crippen LogP contribution >= 0.6 is 15.9 Å².